The zero-order valence-electron chi connectivity index (χ0n) is 10.5. The molecule has 0 spiro atoms. The highest BCUT2D eigenvalue weighted by Crippen LogP contribution is 1.95. The molecule has 0 aromatic heterocycles. The molecule has 0 unspecified atom stereocenters. The third kappa shape index (κ3) is 6.23. The van der Waals surface area contributed by atoms with Crippen LogP contribution in [0.2, 0.25) is 0 Å². The summed E-state index contributed by atoms with van der Waals surface area (Å²) in [4.78, 5) is 24.8. The predicted molar refractivity (Wildman–Crippen MR) is 63.6 cm³/mol. The van der Waals surface area contributed by atoms with Crippen LogP contribution in [0.4, 0.5) is 4.79 Å². The molecule has 0 radical (unpaired) electrons. The fourth-order valence-electron chi connectivity index (χ4n) is 1.47. The van der Waals surface area contributed by atoms with E-state index in [-0.39, 0.29) is 12.5 Å². The second-order valence-electron chi connectivity index (χ2n) is 4.54. The van der Waals surface area contributed by atoms with Gasteiger partial charge in [-0.1, -0.05) is 13.8 Å². The van der Waals surface area contributed by atoms with E-state index in [4.69, 9.17) is 4.74 Å². The average Bonchev–Trinajstić information content (AvgIpc) is 2.27. The molecule has 0 aromatic carbocycles. The predicted octanol–water partition coefficient (Wildman–Crippen LogP) is -0.200. The highest BCUT2D eigenvalue weighted by atomic mass is 16.5. The van der Waals surface area contributed by atoms with Gasteiger partial charge in [0, 0.05) is 19.6 Å². The lowest BCUT2D eigenvalue weighted by Gasteiger charge is -2.25. The maximum absolute atomic E-state index is 11.5. The largest absolute Gasteiger partial charge is 0.379 e. The van der Waals surface area contributed by atoms with Crippen molar-refractivity contribution >= 4 is 11.9 Å². The Labute approximate surface area is 102 Å². The summed E-state index contributed by atoms with van der Waals surface area (Å²) in [6.07, 6.45) is 0. The van der Waals surface area contributed by atoms with E-state index in [0.29, 0.717) is 25.7 Å². The number of nitrogens with one attached hydrogen (secondary N) is 2. The van der Waals surface area contributed by atoms with Gasteiger partial charge in [-0.25, -0.2) is 4.79 Å². The number of carbonyl (C=O) groups excluding carboxylic acids is 2. The number of morpholine rings is 1. The zero-order chi connectivity index (χ0) is 12.7. The SMILES string of the molecule is CC(C)CNC(=O)NC(=O)CN1CCOCC1. The van der Waals surface area contributed by atoms with Gasteiger partial charge in [-0.2, -0.15) is 0 Å². The van der Waals surface area contributed by atoms with Gasteiger partial charge in [-0.3, -0.25) is 15.0 Å². The molecule has 0 atom stereocenters. The molecule has 0 aliphatic carbocycles. The molecule has 0 saturated carbocycles. The molecule has 98 valence electrons. The molecule has 0 aromatic rings. The lowest BCUT2D eigenvalue weighted by Crippen LogP contribution is -2.47. The summed E-state index contributed by atoms with van der Waals surface area (Å²) in [5.41, 5.74) is 0. The number of amides is 3. The smallest absolute Gasteiger partial charge is 0.321 e. The first kappa shape index (κ1) is 13.9. The van der Waals surface area contributed by atoms with Crippen LogP contribution >= 0.6 is 0 Å². The summed E-state index contributed by atoms with van der Waals surface area (Å²) in [7, 11) is 0. The van der Waals surface area contributed by atoms with Crippen LogP contribution in [0.25, 0.3) is 0 Å². The van der Waals surface area contributed by atoms with E-state index in [1.807, 2.05) is 18.7 Å². The maximum atomic E-state index is 11.5. The fourth-order valence-corrected chi connectivity index (χ4v) is 1.47. The number of carbonyl (C=O) groups is 2. The number of rotatable bonds is 4. The molecule has 2 N–H and O–H groups in total. The van der Waals surface area contributed by atoms with Gasteiger partial charge in [0.05, 0.1) is 19.8 Å². The Morgan fingerprint density at radius 2 is 1.94 bits per heavy atom. The Kier molecular flexibility index (Phi) is 5.93. The quantitative estimate of drug-likeness (QED) is 0.717. The van der Waals surface area contributed by atoms with Crippen molar-refractivity contribution in [3.63, 3.8) is 0 Å². The van der Waals surface area contributed by atoms with E-state index < -0.39 is 6.03 Å². The summed E-state index contributed by atoms with van der Waals surface area (Å²) < 4.78 is 5.17. The molecule has 0 bridgehead atoms. The molecule has 17 heavy (non-hydrogen) atoms. The minimum atomic E-state index is -0.419. The van der Waals surface area contributed by atoms with Gasteiger partial charge in [0.15, 0.2) is 0 Å². The van der Waals surface area contributed by atoms with Crippen LogP contribution < -0.4 is 10.6 Å². The molecule has 1 aliphatic rings. The van der Waals surface area contributed by atoms with Gasteiger partial charge in [0.2, 0.25) is 5.91 Å². The van der Waals surface area contributed by atoms with E-state index in [1.54, 1.807) is 0 Å². The van der Waals surface area contributed by atoms with Crippen LogP contribution in [0, 0.1) is 5.92 Å². The van der Waals surface area contributed by atoms with Gasteiger partial charge < -0.3 is 10.1 Å². The minimum absolute atomic E-state index is 0.248. The highest BCUT2D eigenvalue weighted by molar-refractivity contribution is 5.95. The van der Waals surface area contributed by atoms with Gasteiger partial charge in [-0.05, 0) is 5.92 Å². The zero-order valence-corrected chi connectivity index (χ0v) is 10.5. The van der Waals surface area contributed by atoms with Crippen LogP contribution in [-0.2, 0) is 9.53 Å². The molecule has 1 aliphatic heterocycles. The number of ether oxygens (including phenoxy) is 1. The van der Waals surface area contributed by atoms with E-state index in [1.165, 1.54) is 0 Å². The van der Waals surface area contributed by atoms with E-state index in [0.717, 1.165) is 13.1 Å². The summed E-state index contributed by atoms with van der Waals surface area (Å²) in [5.74, 6) is 0.100. The Balaban J connectivity index is 2.17. The summed E-state index contributed by atoms with van der Waals surface area (Å²) in [5, 5.41) is 4.95. The number of hydrogen-bond donors (Lipinski definition) is 2. The maximum Gasteiger partial charge on any atom is 0.321 e. The first-order valence-electron chi connectivity index (χ1n) is 5.95. The van der Waals surface area contributed by atoms with Crippen LogP contribution in [0.1, 0.15) is 13.8 Å². The monoisotopic (exact) mass is 243 g/mol. The molecule has 3 amide bonds. The van der Waals surface area contributed by atoms with Crippen molar-refractivity contribution in [1.29, 1.82) is 0 Å². The molecular weight excluding hydrogens is 222 g/mol. The Morgan fingerprint density at radius 1 is 1.29 bits per heavy atom. The third-order valence-electron chi connectivity index (χ3n) is 2.39. The molecule has 1 heterocycles. The third-order valence-corrected chi connectivity index (χ3v) is 2.39. The second-order valence-corrected chi connectivity index (χ2v) is 4.54. The average molecular weight is 243 g/mol. The van der Waals surface area contributed by atoms with Gasteiger partial charge >= 0.3 is 6.03 Å². The summed E-state index contributed by atoms with van der Waals surface area (Å²) in [6.45, 7) is 7.57. The normalized spacial score (nSPS) is 16.9. The number of imide groups is 1. The van der Waals surface area contributed by atoms with Crippen molar-refractivity contribution in [3.05, 3.63) is 0 Å². The standard InChI is InChI=1S/C11H21N3O3/c1-9(2)7-12-11(16)13-10(15)8-14-3-5-17-6-4-14/h9H,3-8H2,1-2H3,(H2,12,13,15,16). The lowest BCUT2D eigenvalue weighted by atomic mass is 10.2. The molecule has 6 heteroatoms. The van der Waals surface area contributed by atoms with Crippen molar-refractivity contribution in [2.75, 3.05) is 39.4 Å². The van der Waals surface area contributed by atoms with Crippen LogP contribution in [0.3, 0.4) is 0 Å². The van der Waals surface area contributed by atoms with Crippen LogP contribution in [0.5, 0.6) is 0 Å². The topological polar surface area (TPSA) is 70.7 Å². The fraction of sp³-hybridized carbons (Fsp3) is 0.818. The van der Waals surface area contributed by atoms with Gasteiger partial charge in [0.1, 0.15) is 0 Å². The molecular formula is C11H21N3O3. The van der Waals surface area contributed by atoms with Crippen molar-refractivity contribution < 1.29 is 14.3 Å². The minimum Gasteiger partial charge on any atom is -0.379 e. The van der Waals surface area contributed by atoms with Crippen molar-refractivity contribution in [3.8, 4) is 0 Å². The molecule has 6 nitrogen and oxygen atoms in total. The molecule has 1 rings (SSSR count). The Hall–Kier alpha value is -1.14. The first-order valence-corrected chi connectivity index (χ1v) is 5.95. The van der Waals surface area contributed by atoms with Gasteiger partial charge in [-0.15, -0.1) is 0 Å². The first-order chi connectivity index (χ1) is 8.08. The number of nitrogens with zero attached hydrogens (tertiary/aromatic N) is 1. The van der Waals surface area contributed by atoms with Crippen molar-refractivity contribution in [2.24, 2.45) is 5.92 Å². The van der Waals surface area contributed by atoms with Crippen LogP contribution in [0.15, 0.2) is 0 Å². The van der Waals surface area contributed by atoms with E-state index in [9.17, 15) is 9.59 Å². The molecule has 1 fully saturated rings. The number of hydrogen-bond acceptors (Lipinski definition) is 4. The van der Waals surface area contributed by atoms with Crippen LogP contribution in [-0.4, -0.2) is 56.2 Å². The molecule has 1 saturated heterocycles. The Bertz CT molecular complexity index is 263. The summed E-state index contributed by atoms with van der Waals surface area (Å²) >= 11 is 0. The van der Waals surface area contributed by atoms with Crippen molar-refractivity contribution in [1.82, 2.24) is 15.5 Å². The van der Waals surface area contributed by atoms with E-state index >= 15 is 0 Å². The lowest BCUT2D eigenvalue weighted by molar-refractivity contribution is -0.122. The van der Waals surface area contributed by atoms with Gasteiger partial charge in [0.25, 0.3) is 0 Å². The second kappa shape index (κ2) is 7.24. The Morgan fingerprint density at radius 3 is 2.53 bits per heavy atom. The summed E-state index contributed by atoms with van der Waals surface area (Å²) in [6, 6.07) is -0.419. The highest BCUT2D eigenvalue weighted by Gasteiger charge is 2.15. The number of urea groups is 1. The van der Waals surface area contributed by atoms with Crippen molar-refractivity contribution in [2.45, 2.75) is 13.8 Å². The van der Waals surface area contributed by atoms with E-state index in [2.05, 4.69) is 10.6 Å².